The zero-order valence-corrected chi connectivity index (χ0v) is 21.2. The molecule has 0 aliphatic carbocycles. The summed E-state index contributed by atoms with van der Waals surface area (Å²) in [5.41, 5.74) is 2.76. The maximum Gasteiger partial charge on any atom is 0.264 e. The summed E-state index contributed by atoms with van der Waals surface area (Å²) in [4.78, 5) is 13.2. The Balaban J connectivity index is 1.87. The fraction of sp³-hybridized carbons (Fsp3) is 0.240. The number of amides is 1. The summed E-state index contributed by atoms with van der Waals surface area (Å²) in [6, 6.07) is 19.2. The van der Waals surface area contributed by atoms with E-state index in [-0.39, 0.29) is 9.79 Å². The van der Waals surface area contributed by atoms with Crippen LogP contribution < -0.4 is 9.62 Å². The maximum atomic E-state index is 13.5. The molecule has 1 atom stereocenters. The highest BCUT2D eigenvalue weighted by molar-refractivity contribution is 7.93. The second-order valence-electron chi connectivity index (χ2n) is 8.24. The minimum Gasteiger partial charge on any atom is -0.348 e. The van der Waals surface area contributed by atoms with E-state index in [0.29, 0.717) is 11.3 Å². The molecule has 34 heavy (non-hydrogen) atoms. The van der Waals surface area contributed by atoms with Crippen LogP contribution in [0, 0.1) is 13.8 Å². The highest BCUT2D eigenvalue weighted by Gasteiger charge is 2.28. The molecule has 0 fully saturated rings. The van der Waals surface area contributed by atoms with Crippen LogP contribution in [0.1, 0.15) is 29.7 Å². The molecule has 0 heterocycles. The average Bonchev–Trinajstić information content (AvgIpc) is 2.78. The second kappa shape index (κ2) is 9.99. The molecule has 0 saturated carbocycles. The second-order valence-corrected chi connectivity index (χ2v) is 12.1. The number of hydrogen-bond acceptors (Lipinski definition) is 5. The van der Waals surface area contributed by atoms with Crippen LogP contribution in [0.4, 0.5) is 5.69 Å². The zero-order valence-electron chi connectivity index (χ0n) is 19.5. The number of aryl methyl sites for hydroxylation is 2. The first kappa shape index (κ1) is 25.5. The van der Waals surface area contributed by atoms with Gasteiger partial charge in [-0.15, -0.1) is 0 Å². The number of rotatable bonds is 8. The van der Waals surface area contributed by atoms with E-state index in [1.54, 1.807) is 62.4 Å². The van der Waals surface area contributed by atoms with Crippen LogP contribution in [0.25, 0.3) is 0 Å². The first-order chi connectivity index (χ1) is 15.9. The lowest BCUT2D eigenvalue weighted by Gasteiger charge is -2.26. The van der Waals surface area contributed by atoms with Gasteiger partial charge in [0.2, 0.25) is 5.91 Å². The normalized spacial score (nSPS) is 12.7. The van der Waals surface area contributed by atoms with Crippen LogP contribution in [0.15, 0.2) is 82.6 Å². The molecule has 0 bridgehead atoms. The average molecular weight is 501 g/mol. The Hall–Kier alpha value is -3.17. The van der Waals surface area contributed by atoms with Crippen molar-refractivity contribution >= 4 is 31.5 Å². The summed E-state index contributed by atoms with van der Waals surface area (Å²) < 4.78 is 51.5. The fourth-order valence-electron chi connectivity index (χ4n) is 3.48. The third-order valence-electron chi connectivity index (χ3n) is 5.47. The van der Waals surface area contributed by atoms with Crippen molar-refractivity contribution in [3.05, 3.63) is 89.5 Å². The molecule has 3 rings (SSSR count). The van der Waals surface area contributed by atoms with Crippen LogP contribution in [0.2, 0.25) is 0 Å². The Morgan fingerprint density at radius 1 is 0.853 bits per heavy atom. The first-order valence-electron chi connectivity index (χ1n) is 10.6. The predicted octanol–water partition coefficient (Wildman–Crippen LogP) is 3.78. The summed E-state index contributed by atoms with van der Waals surface area (Å²) in [6.07, 6.45) is 1.13. The smallest absolute Gasteiger partial charge is 0.264 e. The van der Waals surface area contributed by atoms with Gasteiger partial charge in [0.1, 0.15) is 6.54 Å². The number of sulfonamides is 1. The molecule has 0 spiro atoms. The number of nitrogens with zero attached hydrogens (tertiary/aromatic N) is 1. The van der Waals surface area contributed by atoms with Gasteiger partial charge in [-0.3, -0.25) is 9.10 Å². The van der Waals surface area contributed by atoms with E-state index in [4.69, 9.17) is 0 Å². The number of sulfone groups is 1. The van der Waals surface area contributed by atoms with Crippen molar-refractivity contribution in [3.63, 3.8) is 0 Å². The third-order valence-corrected chi connectivity index (χ3v) is 8.37. The predicted molar refractivity (Wildman–Crippen MR) is 133 cm³/mol. The summed E-state index contributed by atoms with van der Waals surface area (Å²) in [7, 11) is -7.33. The molecular weight excluding hydrogens is 472 g/mol. The molecule has 0 radical (unpaired) electrons. The number of carbonyl (C=O) groups is 1. The van der Waals surface area contributed by atoms with Gasteiger partial charge in [-0.2, -0.15) is 0 Å². The molecule has 3 aromatic carbocycles. The van der Waals surface area contributed by atoms with Gasteiger partial charge >= 0.3 is 0 Å². The monoisotopic (exact) mass is 500 g/mol. The molecule has 0 saturated heterocycles. The number of nitrogens with one attached hydrogen (secondary N) is 1. The van der Waals surface area contributed by atoms with Crippen LogP contribution in [0.5, 0.6) is 0 Å². The van der Waals surface area contributed by atoms with E-state index in [9.17, 15) is 21.6 Å². The molecule has 0 aromatic heterocycles. The van der Waals surface area contributed by atoms with E-state index in [1.807, 2.05) is 6.92 Å². The lowest BCUT2D eigenvalue weighted by Crippen LogP contribution is -2.41. The van der Waals surface area contributed by atoms with E-state index in [1.165, 1.54) is 24.3 Å². The van der Waals surface area contributed by atoms with Crippen LogP contribution >= 0.6 is 0 Å². The Morgan fingerprint density at radius 3 is 1.97 bits per heavy atom. The summed E-state index contributed by atoms with van der Waals surface area (Å²) in [6.45, 7) is 5.00. The van der Waals surface area contributed by atoms with Crippen LogP contribution in [-0.4, -0.2) is 35.5 Å². The van der Waals surface area contributed by atoms with Crippen molar-refractivity contribution in [2.75, 3.05) is 17.1 Å². The fourth-order valence-corrected chi connectivity index (χ4v) is 5.60. The third kappa shape index (κ3) is 5.84. The van der Waals surface area contributed by atoms with E-state index in [0.717, 1.165) is 21.7 Å². The Labute approximate surface area is 201 Å². The van der Waals surface area contributed by atoms with Gasteiger partial charge in [-0.05, 0) is 62.2 Å². The van der Waals surface area contributed by atoms with Crippen molar-refractivity contribution in [2.45, 2.75) is 36.6 Å². The molecule has 0 unspecified atom stereocenters. The van der Waals surface area contributed by atoms with E-state index in [2.05, 4.69) is 5.32 Å². The summed E-state index contributed by atoms with van der Waals surface area (Å²) >= 11 is 0. The molecule has 7 nitrogen and oxygen atoms in total. The lowest BCUT2D eigenvalue weighted by molar-refractivity contribution is -0.120. The molecule has 9 heteroatoms. The molecule has 3 aromatic rings. The minimum atomic E-state index is -4.01. The highest BCUT2D eigenvalue weighted by atomic mass is 32.2. The van der Waals surface area contributed by atoms with E-state index < -0.39 is 38.4 Å². The van der Waals surface area contributed by atoms with Crippen molar-refractivity contribution in [3.8, 4) is 0 Å². The molecule has 1 amide bonds. The number of anilines is 1. The summed E-state index contributed by atoms with van der Waals surface area (Å²) in [5.74, 6) is -0.487. The number of benzene rings is 3. The van der Waals surface area contributed by atoms with Gasteiger partial charge in [-0.25, -0.2) is 16.8 Å². The Morgan fingerprint density at radius 2 is 1.41 bits per heavy atom. The summed E-state index contributed by atoms with van der Waals surface area (Å²) in [5, 5.41) is 2.81. The van der Waals surface area contributed by atoms with Gasteiger partial charge in [0, 0.05) is 6.26 Å². The van der Waals surface area contributed by atoms with Gasteiger partial charge in [-0.1, -0.05) is 48.0 Å². The van der Waals surface area contributed by atoms with Crippen molar-refractivity contribution in [1.82, 2.24) is 5.32 Å². The molecule has 180 valence electrons. The number of para-hydroxylation sites is 1. The standard InChI is InChI=1S/C25H28N2O5S2/c1-18-9-13-23(14-10-18)34(31,32)27(24-8-6-5-7-19(24)2)17-25(28)26-20(3)21-11-15-22(16-12-21)33(4,29)30/h5-16,20H,17H2,1-4H3,(H,26,28)/t20-/m0/s1. The Kier molecular flexibility index (Phi) is 7.48. The Bertz CT molecular complexity index is 1380. The maximum absolute atomic E-state index is 13.5. The van der Waals surface area contributed by atoms with E-state index >= 15 is 0 Å². The van der Waals surface area contributed by atoms with Gasteiger partial charge in [0.05, 0.1) is 21.5 Å². The van der Waals surface area contributed by atoms with Crippen molar-refractivity contribution in [2.24, 2.45) is 0 Å². The van der Waals surface area contributed by atoms with Crippen molar-refractivity contribution < 1.29 is 21.6 Å². The van der Waals surface area contributed by atoms with Crippen molar-refractivity contribution in [1.29, 1.82) is 0 Å². The van der Waals surface area contributed by atoms with Crippen LogP contribution in [0.3, 0.4) is 0 Å². The SMILES string of the molecule is Cc1ccc(S(=O)(=O)N(CC(=O)N[C@@H](C)c2ccc(S(C)(=O)=O)cc2)c2ccccc2C)cc1. The number of carbonyl (C=O) groups excluding carboxylic acids is 1. The number of hydrogen-bond donors (Lipinski definition) is 1. The highest BCUT2D eigenvalue weighted by Crippen LogP contribution is 2.27. The molecule has 0 aliphatic rings. The molecule has 0 aliphatic heterocycles. The topological polar surface area (TPSA) is 101 Å². The van der Waals surface area contributed by atoms with Crippen LogP contribution in [-0.2, 0) is 24.7 Å². The lowest BCUT2D eigenvalue weighted by atomic mass is 10.1. The zero-order chi connectivity index (χ0) is 25.1. The molecular formula is C25H28N2O5S2. The van der Waals surface area contributed by atoms with Gasteiger partial charge in [0.15, 0.2) is 9.84 Å². The van der Waals surface area contributed by atoms with Gasteiger partial charge < -0.3 is 5.32 Å². The first-order valence-corrected chi connectivity index (χ1v) is 14.0. The van der Waals surface area contributed by atoms with Gasteiger partial charge in [0.25, 0.3) is 10.0 Å². The molecule has 1 N–H and O–H groups in total. The quantitative estimate of drug-likeness (QED) is 0.507. The largest absolute Gasteiger partial charge is 0.348 e. The minimum absolute atomic E-state index is 0.0959.